The average molecular weight is 246 g/mol. The van der Waals surface area contributed by atoms with E-state index >= 15 is 0 Å². The molecule has 0 aromatic carbocycles. The van der Waals surface area contributed by atoms with Gasteiger partial charge < -0.3 is 9.80 Å². The summed E-state index contributed by atoms with van der Waals surface area (Å²) in [5.74, 6) is 0.788. The third-order valence-corrected chi connectivity index (χ3v) is 1.84. The van der Waals surface area contributed by atoms with Crippen molar-refractivity contribution in [2.24, 2.45) is 5.92 Å². The summed E-state index contributed by atoms with van der Waals surface area (Å²) in [7, 11) is 5.84. The van der Waals surface area contributed by atoms with Crippen LogP contribution in [0, 0.1) is 5.92 Å². The Labute approximate surface area is 109 Å². The monoisotopic (exact) mass is 246 g/mol. The van der Waals surface area contributed by atoms with Gasteiger partial charge in [0.2, 0.25) is 5.91 Å². The van der Waals surface area contributed by atoms with E-state index in [1.807, 2.05) is 58.6 Å². The van der Waals surface area contributed by atoms with Gasteiger partial charge in [-0.05, 0) is 20.0 Å². The Hall–Kier alpha value is -0.570. The van der Waals surface area contributed by atoms with Crippen molar-refractivity contribution in [3.05, 3.63) is 0 Å². The molecule has 0 N–H and O–H groups in total. The highest BCUT2D eigenvalue weighted by molar-refractivity contribution is 5.76. The highest BCUT2D eigenvalue weighted by Crippen LogP contribution is 1.98. The Balaban J connectivity index is -0.000000439. The number of nitrogens with zero attached hydrogens (tertiary/aromatic N) is 2. The van der Waals surface area contributed by atoms with Gasteiger partial charge in [0.15, 0.2) is 0 Å². The largest absolute Gasteiger partial charge is 0.345 e. The van der Waals surface area contributed by atoms with Gasteiger partial charge >= 0.3 is 0 Å². The number of amides is 1. The highest BCUT2D eigenvalue weighted by atomic mass is 16.2. The van der Waals surface area contributed by atoms with Gasteiger partial charge in [0, 0.05) is 26.6 Å². The molecule has 0 radical (unpaired) electrons. The SMILES string of the molecule is CC.CC.CC(C)CN(C)C(=O)CCN(C)C. The standard InChI is InChI=1S/C10H22N2O.2C2H6/c1-9(2)8-12(5)10(13)6-7-11(3)4;2*1-2/h9H,6-8H2,1-5H3;2*1-2H3. The van der Waals surface area contributed by atoms with Crippen LogP contribution >= 0.6 is 0 Å². The molecule has 0 aromatic rings. The van der Waals surface area contributed by atoms with E-state index < -0.39 is 0 Å². The lowest BCUT2D eigenvalue weighted by Crippen LogP contribution is -2.32. The Kier molecular flexibility index (Phi) is 19.7. The van der Waals surface area contributed by atoms with Crippen LogP contribution in [0.2, 0.25) is 0 Å². The molecular weight excluding hydrogens is 212 g/mol. The number of hydrogen-bond acceptors (Lipinski definition) is 2. The molecule has 0 heterocycles. The minimum Gasteiger partial charge on any atom is -0.345 e. The second-order valence-electron chi connectivity index (χ2n) is 4.22. The van der Waals surface area contributed by atoms with E-state index in [1.165, 1.54) is 0 Å². The molecule has 0 atom stereocenters. The van der Waals surface area contributed by atoms with Crippen molar-refractivity contribution in [3.63, 3.8) is 0 Å². The number of hydrogen-bond donors (Lipinski definition) is 0. The van der Waals surface area contributed by atoms with Gasteiger partial charge in [0.25, 0.3) is 0 Å². The molecule has 17 heavy (non-hydrogen) atoms. The van der Waals surface area contributed by atoms with Gasteiger partial charge in [-0.25, -0.2) is 0 Å². The minimum atomic E-state index is 0.238. The lowest BCUT2D eigenvalue weighted by Gasteiger charge is -2.20. The lowest BCUT2D eigenvalue weighted by molar-refractivity contribution is -0.130. The zero-order valence-corrected chi connectivity index (χ0v) is 13.5. The van der Waals surface area contributed by atoms with E-state index in [2.05, 4.69) is 13.8 Å². The van der Waals surface area contributed by atoms with Crippen LogP contribution in [-0.4, -0.2) is 49.9 Å². The maximum absolute atomic E-state index is 11.5. The molecule has 0 aliphatic carbocycles. The first-order valence-electron chi connectivity index (χ1n) is 6.82. The highest BCUT2D eigenvalue weighted by Gasteiger charge is 2.09. The topological polar surface area (TPSA) is 23.6 Å². The van der Waals surface area contributed by atoms with Crippen LogP contribution in [0.1, 0.15) is 48.0 Å². The minimum absolute atomic E-state index is 0.238. The summed E-state index contributed by atoms with van der Waals surface area (Å²) < 4.78 is 0. The average Bonchev–Trinajstić information content (AvgIpc) is 2.30. The van der Waals surface area contributed by atoms with E-state index in [4.69, 9.17) is 0 Å². The molecule has 0 bridgehead atoms. The van der Waals surface area contributed by atoms with Crippen LogP contribution in [0.15, 0.2) is 0 Å². The van der Waals surface area contributed by atoms with Gasteiger partial charge in [-0.15, -0.1) is 0 Å². The summed E-state index contributed by atoms with van der Waals surface area (Å²) in [6.07, 6.45) is 0.621. The van der Waals surface area contributed by atoms with E-state index in [0.717, 1.165) is 13.1 Å². The molecule has 0 aliphatic rings. The van der Waals surface area contributed by atoms with Crippen molar-refractivity contribution in [2.45, 2.75) is 48.0 Å². The zero-order chi connectivity index (χ0) is 14.4. The molecule has 0 spiro atoms. The molecule has 0 saturated heterocycles. The fourth-order valence-electron chi connectivity index (χ4n) is 1.16. The molecule has 0 aromatic heterocycles. The second-order valence-corrected chi connectivity index (χ2v) is 4.22. The van der Waals surface area contributed by atoms with Gasteiger partial charge in [-0.1, -0.05) is 41.5 Å². The van der Waals surface area contributed by atoms with Crippen LogP contribution in [0.3, 0.4) is 0 Å². The van der Waals surface area contributed by atoms with Crippen molar-refractivity contribution < 1.29 is 4.79 Å². The van der Waals surface area contributed by atoms with Crippen LogP contribution in [0.4, 0.5) is 0 Å². The fraction of sp³-hybridized carbons (Fsp3) is 0.929. The number of carbonyl (C=O) groups excluding carboxylic acids is 1. The summed E-state index contributed by atoms with van der Waals surface area (Å²) in [6.45, 7) is 13.9. The molecule has 106 valence electrons. The van der Waals surface area contributed by atoms with Crippen LogP contribution in [0.25, 0.3) is 0 Å². The molecule has 0 aliphatic heterocycles. The first-order chi connectivity index (χ1) is 7.93. The quantitative estimate of drug-likeness (QED) is 0.744. The summed E-state index contributed by atoms with van der Waals surface area (Å²) in [5, 5.41) is 0. The second kappa shape index (κ2) is 15.4. The molecule has 0 rings (SSSR count). The number of rotatable bonds is 5. The summed E-state index contributed by atoms with van der Waals surface area (Å²) >= 11 is 0. The Bertz CT molecular complexity index is 156. The van der Waals surface area contributed by atoms with E-state index in [1.54, 1.807) is 0 Å². The molecule has 0 fully saturated rings. The molecule has 3 heteroatoms. The van der Waals surface area contributed by atoms with E-state index in [-0.39, 0.29) is 5.91 Å². The van der Waals surface area contributed by atoms with Crippen molar-refractivity contribution in [1.29, 1.82) is 0 Å². The normalized spacial score (nSPS) is 9.12. The predicted octanol–water partition coefficient (Wildman–Crippen LogP) is 3.10. The first-order valence-corrected chi connectivity index (χ1v) is 6.82. The van der Waals surface area contributed by atoms with Gasteiger partial charge in [-0.3, -0.25) is 4.79 Å². The van der Waals surface area contributed by atoms with E-state index in [0.29, 0.717) is 12.3 Å². The van der Waals surface area contributed by atoms with Gasteiger partial charge in [-0.2, -0.15) is 0 Å². The molecular formula is C14H34N2O. The maximum atomic E-state index is 11.5. The summed E-state index contributed by atoms with van der Waals surface area (Å²) in [5.41, 5.74) is 0. The van der Waals surface area contributed by atoms with E-state index in [9.17, 15) is 4.79 Å². The summed E-state index contributed by atoms with van der Waals surface area (Å²) in [4.78, 5) is 15.3. The zero-order valence-electron chi connectivity index (χ0n) is 13.5. The first kappa shape index (κ1) is 21.7. The molecule has 0 unspecified atom stereocenters. The third-order valence-electron chi connectivity index (χ3n) is 1.84. The van der Waals surface area contributed by atoms with Crippen LogP contribution in [-0.2, 0) is 4.79 Å². The van der Waals surface area contributed by atoms with Gasteiger partial charge in [0.05, 0.1) is 0 Å². The smallest absolute Gasteiger partial charge is 0.223 e. The molecule has 3 nitrogen and oxygen atoms in total. The lowest BCUT2D eigenvalue weighted by atomic mass is 10.2. The summed E-state index contributed by atoms with van der Waals surface area (Å²) in [6, 6.07) is 0. The molecule has 0 saturated carbocycles. The number of carbonyl (C=O) groups is 1. The maximum Gasteiger partial charge on any atom is 0.223 e. The van der Waals surface area contributed by atoms with Crippen LogP contribution in [0.5, 0.6) is 0 Å². The molecule has 1 amide bonds. The van der Waals surface area contributed by atoms with Gasteiger partial charge in [0.1, 0.15) is 0 Å². The Morgan fingerprint density at radius 2 is 1.41 bits per heavy atom. The van der Waals surface area contributed by atoms with Crippen LogP contribution < -0.4 is 0 Å². The van der Waals surface area contributed by atoms with Crippen molar-refractivity contribution in [3.8, 4) is 0 Å². The van der Waals surface area contributed by atoms with Crippen molar-refractivity contribution in [2.75, 3.05) is 34.2 Å². The third kappa shape index (κ3) is 18.0. The Morgan fingerprint density at radius 3 is 1.71 bits per heavy atom. The Morgan fingerprint density at radius 1 is 1.00 bits per heavy atom. The van der Waals surface area contributed by atoms with Crippen molar-refractivity contribution >= 4 is 5.91 Å². The van der Waals surface area contributed by atoms with Crippen molar-refractivity contribution in [1.82, 2.24) is 9.80 Å². The predicted molar refractivity (Wildman–Crippen MR) is 78.3 cm³/mol. The fourth-order valence-corrected chi connectivity index (χ4v) is 1.16.